The number of nitrogens with zero attached hydrogens (tertiary/aromatic N) is 4. The van der Waals surface area contributed by atoms with Crippen LogP contribution in [0.1, 0.15) is 73.2 Å². The van der Waals surface area contributed by atoms with Gasteiger partial charge in [0.05, 0.1) is 22.8 Å². The molecule has 4 heterocycles. The third-order valence-electron chi connectivity index (χ3n) is 9.65. The van der Waals surface area contributed by atoms with Gasteiger partial charge in [-0.1, -0.05) is 31.0 Å². The fraction of sp³-hybridized carbons (Fsp3) is 0.500. The Morgan fingerprint density at radius 1 is 0.911 bits per heavy atom. The Hall–Kier alpha value is -4.25. The molecule has 1 aromatic heterocycles. The van der Waals surface area contributed by atoms with Gasteiger partial charge in [-0.3, -0.25) is 38.5 Å². The summed E-state index contributed by atoms with van der Waals surface area (Å²) in [7, 11) is 5.16. The Morgan fingerprint density at radius 3 is 2.33 bits per heavy atom. The van der Waals surface area contributed by atoms with E-state index in [4.69, 9.17) is 5.73 Å². The lowest BCUT2D eigenvalue weighted by molar-refractivity contribution is -0.135. The van der Waals surface area contributed by atoms with Gasteiger partial charge in [0.25, 0.3) is 0 Å². The Labute approximate surface area is 262 Å². The van der Waals surface area contributed by atoms with Gasteiger partial charge >= 0.3 is 5.69 Å². The highest BCUT2D eigenvalue weighted by atomic mass is 16.2. The molecular weight excluding hydrogens is 572 g/mol. The largest absolute Gasteiger partial charge is 0.347 e. The average Bonchev–Trinajstić information content (AvgIpc) is 3.47. The van der Waals surface area contributed by atoms with E-state index < -0.39 is 24.0 Å². The molecule has 11 heteroatoms. The van der Waals surface area contributed by atoms with E-state index >= 15 is 0 Å². The number of hydrogen-bond donors (Lipinski definition) is 2. The normalized spacial score (nSPS) is 21.2. The fourth-order valence-corrected chi connectivity index (χ4v) is 7.27. The molecule has 0 saturated carbocycles. The van der Waals surface area contributed by atoms with Crippen molar-refractivity contribution in [2.75, 3.05) is 19.0 Å². The quantitative estimate of drug-likeness (QED) is 0.280. The molecule has 3 aromatic rings. The number of amides is 4. The molecule has 0 spiro atoms. The average molecular weight is 615 g/mol. The van der Waals surface area contributed by atoms with Gasteiger partial charge in [0.15, 0.2) is 0 Å². The number of anilines is 1. The van der Waals surface area contributed by atoms with Gasteiger partial charge < -0.3 is 10.6 Å². The van der Waals surface area contributed by atoms with Crippen LogP contribution in [0.25, 0.3) is 11.0 Å². The van der Waals surface area contributed by atoms with E-state index in [0.29, 0.717) is 24.8 Å². The summed E-state index contributed by atoms with van der Waals surface area (Å²) >= 11 is 0. The van der Waals surface area contributed by atoms with E-state index in [9.17, 15) is 24.0 Å². The monoisotopic (exact) mass is 614 g/mol. The molecule has 238 valence electrons. The third kappa shape index (κ3) is 5.69. The smallest absolute Gasteiger partial charge is 0.329 e. The van der Waals surface area contributed by atoms with E-state index in [2.05, 4.69) is 17.4 Å². The molecule has 1 unspecified atom stereocenters. The van der Waals surface area contributed by atoms with Gasteiger partial charge in [0, 0.05) is 34.0 Å². The van der Waals surface area contributed by atoms with E-state index in [1.165, 1.54) is 10.1 Å². The molecule has 11 nitrogen and oxygen atoms in total. The van der Waals surface area contributed by atoms with Crippen molar-refractivity contribution in [3.05, 3.63) is 63.1 Å². The first-order valence-electron chi connectivity index (χ1n) is 16.0. The van der Waals surface area contributed by atoms with E-state index in [0.717, 1.165) is 72.8 Å². The molecule has 3 atom stereocenters. The number of fused-ring (bicyclic) bond motifs is 1. The first-order chi connectivity index (χ1) is 21.5. The number of aryl methyl sites for hydroxylation is 4. The minimum Gasteiger partial charge on any atom is -0.347 e. The summed E-state index contributed by atoms with van der Waals surface area (Å²) in [5, 5.41) is 2.35. The van der Waals surface area contributed by atoms with Crippen molar-refractivity contribution in [2.24, 2.45) is 12.8 Å². The highest BCUT2D eigenvalue weighted by molar-refractivity contribution is 6.06. The van der Waals surface area contributed by atoms with Crippen LogP contribution in [0.15, 0.2) is 35.1 Å². The standard InChI is InChI=1S/C34H42N6O5/c1-37(2)33(44)28-19-23-17-21(16-22-11-12-24(35)32(43)40(28)30(22)23)9-7-5-4-6-8-20-10-13-25-27(18-20)38(3)34(45)39(25)26-14-15-29(41)36-31(26)42/h10,13,16-18,24,26,28H,4-9,11-12,14-15,19,35H2,1-3H3,(H,36,41,42)/t24-,26?,28-/m0/s1. The number of nitrogens with two attached hydrogens (primary N) is 1. The molecule has 4 amide bonds. The molecule has 2 aromatic carbocycles. The minimum atomic E-state index is -0.681. The molecule has 1 fully saturated rings. The van der Waals surface area contributed by atoms with Crippen LogP contribution in [0.5, 0.6) is 0 Å². The maximum Gasteiger partial charge on any atom is 0.329 e. The van der Waals surface area contributed by atoms with Crippen molar-refractivity contribution in [3.63, 3.8) is 0 Å². The topological polar surface area (TPSA) is 140 Å². The zero-order valence-corrected chi connectivity index (χ0v) is 26.3. The zero-order valence-electron chi connectivity index (χ0n) is 26.3. The molecule has 45 heavy (non-hydrogen) atoms. The number of rotatable bonds is 9. The molecule has 0 radical (unpaired) electrons. The molecule has 3 aliphatic heterocycles. The number of carbonyl (C=O) groups excluding carboxylic acids is 4. The maximum absolute atomic E-state index is 13.1. The highest BCUT2D eigenvalue weighted by Gasteiger charge is 2.43. The summed E-state index contributed by atoms with van der Waals surface area (Å²) < 4.78 is 3.09. The van der Waals surface area contributed by atoms with Gasteiger partial charge in [0.2, 0.25) is 23.6 Å². The lowest BCUT2D eigenvalue weighted by atomic mass is 9.95. The molecular formula is C34H42N6O5. The molecule has 3 aliphatic rings. The number of benzene rings is 2. The number of aromatic nitrogens is 2. The third-order valence-corrected chi connectivity index (χ3v) is 9.65. The number of imide groups is 1. The summed E-state index contributed by atoms with van der Waals surface area (Å²) in [4.78, 5) is 66.4. The van der Waals surface area contributed by atoms with Gasteiger partial charge in [-0.2, -0.15) is 0 Å². The van der Waals surface area contributed by atoms with Crippen molar-refractivity contribution >= 4 is 40.3 Å². The lowest BCUT2D eigenvalue weighted by Gasteiger charge is -2.28. The summed E-state index contributed by atoms with van der Waals surface area (Å²) in [6.07, 6.45) is 8.42. The molecule has 1 saturated heterocycles. The Morgan fingerprint density at radius 2 is 1.62 bits per heavy atom. The molecule has 0 aliphatic carbocycles. The molecule has 3 N–H and O–H groups in total. The predicted octanol–water partition coefficient (Wildman–Crippen LogP) is 2.28. The summed E-state index contributed by atoms with van der Waals surface area (Å²) in [6.45, 7) is 0. The number of carbonyl (C=O) groups is 4. The summed E-state index contributed by atoms with van der Waals surface area (Å²) in [5.74, 6) is -0.960. The van der Waals surface area contributed by atoms with Crippen molar-refractivity contribution in [3.8, 4) is 0 Å². The fourth-order valence-electron chi connectivity index (χ4n) is 7.27. The van der Waals surface area contributed by atoms with Crippen LogP contribution < -0.4 is 21.6 Å². The number of imidazole rings is 1. The number of nitrogens with one attached hydrogen (secondary N) is 1. The van der Waals surface area contributed by atoms with Crippen LogP contribution in [0.3, 0.4) is 0 Å². The van der Waals surface area contributed by atoms with E-state index in [1.54, 1.807) is 35.5 Å². The SMILES string of the molecule is CN(C)C(=O)[C@@H]1Cc2cc(CCCCCCc3ccc4c(c3)n(C)c(=O)n4C3CCC(=O)NC3=O)cc3c2N1C(=O)[C@@H](N)CC3. The molecule has 0 bridgehead atoms. The highest BCUT2D eigenvalue weighted by Crippen LogP contribution is 2.40. The lowest BCUT2D eigenvalue weighted by Crippen LogP contribution is -2.52. The van der Waals surface area contributed by atoms with Crippen LogP contribution in [-0.2, 0) is 51.9 Å². The Bertz CT molecular complexity index is 1750. The minimum absolute atomic E-state index is 0.0746. The van der Waals surface area contributed by atoms with E-state index in [1.807, 2.05) is 18.2 Å². The summed E-state index contributed by atoms with van der Waals surface area (Å²) in [5.41, 5.74) is 12.9. The number of unbranched alkanes of at least 4 members (excludes halogenated alkanes) is 3. The Balaban J connectivity index is 1.06. The van der Waals surface area contributed by atoms with Gasteiger partial charge in [-0.15, -0.1) is 0 Å². The predicted molar refractivity (Wildman–Crippen MR) is 171 cm³/mol. The van der Waals surface area contributed by atoms with Crippen molar-refractivity contribution < 1.29 is 19.2 Å². The molecule has 6 rings (SSSR count). The van der Waals surface area contributed by atoms with Crippen molar-refractivity contribution in [2.45, 2.75) is 88.8 Å². The maximum atomic E-state index is 13.1. The van der Waals surface area contributed by atoms with Gasteiger partial charge in [0.1, 0.15) is 12.1 Å². The van der Waals surface area contributed by atoms with Crippen molar-refractivity contribution in [1.29, 1.82) is 0 Å². The summed E-state index contributed by atoms with van der Waals surface area (Å²) in [6, 6.07) is 8.55. The number of piperidine rings is 1. The van der Waals surface area contributed by atoms with Crippen molar-refractivity contribution in [1.82, 2.24) is 19.4 Å². The van der Waals surface area contributed by atoms with Crippen LogP contribution in [0.4, 0.5) is 5.69 Å². The van der Waals surface area contributed by atoms with Crippen LogP contribution in [0, 0.1) is 0 Å². The van der Waals surface area contributed by atoms with Gasteiger partial charge in [-0.25, -0.2) is 4.79 Å². The van der Waals surface area contributed by atoms with Crippen LogP contribution in [0.2, 0.25) is 0 Å². The Kier molecular flexibility index (Phi) is 8.39. The number of likely N-dealkylation sites (N-methyl/N-ethyl adjacent to an activating group) is 1. The second-order valence-electron chi connectivity index (χ2n) is 13.0. The van der Waals surface area contributed by atoms with Crippen LogP contribution >= 0.6 is 0 Å². The van der Waals surface area contributed by atoms with Gasteiger partial charge in [-0.05, 0) is 79.3 Å². The van der Waals surface area contributed by atoms with E-state index in [-0.39, 0.29) is 29.8 Å². The second-order valence-corrected chi connectivity index (χ2v) is 13.0. The zero-order chi connectivity index (χ0) is 32.0. The van der Waals surface area contributed by atoms with Crippen LogP contribution in [-0.4, -0.2) is 63.8 Å². The number of hydrogen-bond acceptors (Lipinski definition) is 6. The first-order valence-corrected chi connectivity index (χ1v) is 16.0. The first kappa shape index (κ1) is 30.8. The second kappa shape index (κ2) is 12.3.